The molecular formula is C16H21NO2S. The van der Waals surface area contributed by atoms with Crippen LogP contribution in [-0.2, 0) is 10.0 Å². The Morgan fingerprint density at radius 1 is 1.10 bits per heavy atom. The highest BCUT2D eigenvalue weighted by molar-refractivity contribution is 7.89. The van der Waals surface area contributed by atoms with E-state index in [1.807, 2.05) is 37.3 Å². The monoisotopic (exact) mass is 291 g/mol. The zero-order valence-electron chi connectivity index (χ0n) is 12.0. The van der Waals surface area contributed by atoms with Crippen molar-refractivity contribution in [2.75, 3.05) is 0 Å². The Labute approximate surface area is 121 Å². The molecular weight excluding hydrogens is 270 g/mol. The van der Waals surface area contributed by atoms with Crippen LogP contribution in [-0.4, -0.2) is 14.5 Å². The number of benzene rings is 2. The standard InChI is InChI=1S/C16H21NO2S/c1-3-4-8-13(2)17-20(18,19)16-12-7-10-14-9-5-6-11-15(14)16/h5-7,9-13,17H,3-4,8H2,1-2H3. The molecule has 0 aliphatic rings. The quantitative estimate of drug-likeness (QED) is 0.882. The van der Waals surface area contributed by atoms with Gasteiger partial charge >= 0.3 is 0 Å². The minimum atomic E-state index is -3.47. The van der Waals surface area contributed by atoms with Crippen molar-refractivity contribution >= 4 is 20.8 Å². The van der Waals surface area contributed by atoms with Gasteiger partial charge in [0, 0.05) is 11.4 Å². The van der Waals surface area contributed by atoms with Gasteiger partial charge in [-0.2, -0.15) is 0 Å². The fraction of sp³-hybridized carbons (Fsp3) is 0.375. The number of hydrogen-bond acceptors (Lipinski definition) is 2. The Hall–Kier alpha value is -1.39. The average Bonchev–Trinajstić information content (AvgIpc) is 2.44. The zero-order valence-corrected chi connectivity index (χ0v) is 12.8. The molecule has 2 aromatic carbocycles. The van der Waals surface area contributed by atoms with E-state index < -0.39 is 10.0 Å². The highest BCUT2D eigenvalue weighted by Crippen LogP contribution is 2.23. The number of unbranched alkanes of at least 4 members (excludes halogenated alkanes) is 1. The molecule has 0 saturated heterocycles. The maximum atomic E-state index is 12.5. The van der Waals surface area contributed by atoms with Gasteiger partial charge in [0.15, 0.2) is 0 Å². The summed E-state index contributed by atoms with van der Waals surface area (Å²) in [6.45, 7) is 4.02. The van der Waals surface area contributed by atoms with E-state index >= 15 is 0 Å². The molecule has 4 heteroatoms. The lowest BCUT2D eigenvalue weighted by Crippen LogP contribution is -2.32. The van der Waals surface area contributed by atoms with Gasteiger partial charge in [0.2, 0.25) is 10.0 Å². The Morgan fingerprint density at radius 3 is 2.55 bits per heavy atom. The van der Waals surface area contributed by atoms with Crippen LogP contribution in [0.25, 0.3) is 10.8 Å². The summed E-state index contributed by atoms with van der Waals surface area (Å²) in [6.07, 6.45) is 2.96. The smallest absolute Gasteiger partial charge is 0.208 e. The second-order valence-electron chi connectivity index (χ2n) is 5.14. The second-order valence-corrected chi connectivity index (χ2v) is 6.82. The summed E-state index contributed by atoms with van der Waals surface area (Å²) in [5.41, 5.74) is 0. The van der Waals surface area contributed by atoms with Gasteiger partial charge in [0.05, 0.1) is 4.90 Å². The summed E-state index contributed by atoms with van der Waals surface area (Å²) >= 11 is 0. The summed E-state index contributed by atoms with van der Waals surface area (Å²) in [6, 6.07) is 12.9. The number of rotatable bonds is 6. The predicted octanol–water partition coefficient (Wildman–Crippen LogP) is 3.70. The number of sulfonamides is 1. The van der Waals surface area contributed by atoms with Gasteiger partial charge in [-0.15, -0.1) is 0 Å². The topological polar surface area (TPSA) is 46.2 Å². The lowest BCUT2D eigenvalue weighted by atomic mass is 10.1. The van der Waals surface area contributed by atoms with Crippen LogP contribution < -0.4 is 4.72 Å². The molecule has 0 saturated carbocycles. The van der Waals surface area contributed by atoms with Gasteiger partial charge < -0.3 is 0 Å². The SMILES string of the molecule is CCCCC(C)NS(=O)(=O)c1cccc2ccccc12. The van der Waals surface area contributed by atoms with Crippen molar-refractivity contribution in [3.8, 4) is 0 Å². The van der Waals surface area contributed by atoms with Gasteiger partial charge in [0.1, 0.15) is 0 Å². The maximum absolute atomic E-state index is 12.5. The highest BCUT2D eigenvalue weighted by Gasteiger charge is 2.19. The minimum Gasteiger partial charge on any atom is -0.208 e. The van der Waals surface area contributed by atoms with Crippen molar-refractivity contribution in [1.29, 1.82) is 0 Å². The molecule has 0 fully saturated rings. The summed E-state index contributed by atoms with van der Waals surface area (Å²) in [5.74, 6) is 0. The van der Waals surface area contributed by atoms with Crippen LogP contribution in [0.2, 0.25) is 0 Å². The first-order chi connectivity index (χ1) is 9.54. The normalized spacial score (nSPS) is 13.5. The first-order valence-corrected chi connectivity index (χ1v) is 8.53. The number of nitrogens with one attached hydrogen (secondary N) is 1. The first kappa shape index (κ1) is 15.0. The van der Waals surface area contributed by atoms with Gasteiger partial charge in [-0.25, -0.2) is 13.1 Å². The predicted molar refractivity (Wildman–Crippen MR) is 83.3 cm³/mol. The van der Waals surface area contributed by atoms with E-state index in [1.165, 1.54) is 0 Å². The Bertz CT molecular complexity index is 674. The highest BCUT2D eigenvalue weighted by atomic mass is 32.2. The third kappa shape index (κ3) is 3.38. The van der Waals surface area contributed by atoms with Crippen LogP contribution in [0.1, 0.15) is 33.1 Å². The van der Waals surface area contributed by atoms with E-state index in [0.29, 0.717) is 4.90 Å². The van der Waals surface area contributed by atoms with Crippen molar-refractivity contribution < 1.29 is 8.42 Å². The average molecular weight is 291 g/mol. The number of fused-ring (bicyclic) bond motifs is 1. The molecule has 0 bridgehead atoms. The van der Waals surface area contributed by atoms with Crippen molar-refractivity contribution in [1.82, 2.24) is 4.72 Å². The molecule has 0 amide bonds. The Morgan fingerprint density at radius 2 is 1.80 bits per heavy atom. The van der Waals surface area contributed by atoms with Crippen molar-refractivity contribution in [3.05, 3.63) is 42.5 Å². The molecule has 0 aliphatic heterocycles. The molecule has 3 nitrogen and oxygen atoms in total. The number of hydrogen-bond donors (Lipinski definition) is 1. The fourth-order valence-corrected chi connectivity index (χ4v) is 3.84. The van der Waals surface area contributed by atoms with Crippen LogP contribution >= 0.6 is 0 Å². The van der Waals surface area contributed by atoms with Crippen molar-refractivity contribution in [2.45, 2.75) is 44.0 Å². The molecule has 0 radical (unpaired) electrons. The Kier molecular flexibility index (Phi) is 4.78. The van der Waals surface area contributed by atoms with E-state index in [1.54, 1.807) is 12.1 Å². The molecule has 1 unspecified atom stereocenters. The molecule has 108 valence electrons. The largest absolute Gasteiger partial charge is 0.241 e. The van der Waals surface area contributed by atoms with Crippen LogP contribution in [0.3, 0.4) is 0 Å². The summed E-state index contributed by atoms with van der Waals surface area (Å²) < 4.78 is 27.8. The zero-order chi connectivity index (χ0) is 14.6. The molecule has 0 aliphatic carbocycles. The van der Waals surface area contributed by atoms with Crippen LogP contribution in [0.5, 0.6) is 0 Å². The molecule has 0 spiro atoms. The third-order valence-electron chi connectivity index (χ3n) is 3.39. The van der Waals surface area contributed by atoms with Gasteiger partial charge in [0.25, 0.3) is 0 Å². The van der Waals surface area contributed by atoms with Crippen LogP contribution in [0.4, 0.5) is 0 Å². The van der Waals surface area contributed by atoms with Crippen LogP contribution in [0, 0.1) is 0 Å². The molecule has 2 aromatic rings. The lowest BCUT2D eigenvalue weighted by molar-refractivity contribution is 0.535. The molecule has 20 heavy (non-hydrogen) atoms. The molecule has 0 aromatic heterocycles. The minimum absolute atomic E-state index is 0.0427. The Balaban J connectivity index is 2.32. The van der Waals surface area contributed by atoms with Crippen LogP contribution in [0.15, 0.2) is 47.4 Å². The third-order valence-corrected chi connectivity index (χ3v) is 5.03. The van der Waals surface area contributed by atoms with Gasteiger partial charge in [-0.3, -0.25) is 0 Å². The van der Waals surface area contributed by atoms with E-state index in [4.69, 9.17) is 0 Å². The molecule has 1 N–H and O–H groups in total. The maximum Gasteiger partial charge on any atom is 0.241 e. The van der Waals surface area contributed by atoms with E-state index in [2.05, 4.69) is 11.6 Å². The van der Waals surface area contributed by atoms with Gasteiger partial charge in [-0.05, 0) is 24.8 Å². The lowest BCUT2D eigenvalue weighted by Gasteiger charge is -2.15. The van der Waals surface area contributed by atoms with E-state index in [-0.39, 0.29) is 6.04 Å². The van der Waals surface area contributed by atoms with Gasteiger partial charge in [-0.1, -0.05) is 56.2 Å². The van der Waals surface area contributed by atoms with Crippen molar-refractivity contribution in [2.24, 2.45) is 0 Å². The fourth-order valence-electron chi connectivity index (χ4n) is 2.33. The van der Waals surface area contributed by atoms with E-state index in [0.717, 1.165) is 30.0 Å². The summed E-state index contributed by atoms with van der Waals surface area (Å²) in [4.78, 5) is 0.360. The first-order valence-electron chi connectivity index (χ1n) is 7.04. The molecule has 2 rings (SSSR count). The second kappa shape index (κ2) is 6.37. The van der Waals surface area contributed by atoms with Crippen molar-refractivity contribution in [3.63, 3.8) is 0 Å². The van der Waals surface area contributed by atoms with E-state index in [9.17, 15) is 8.42 Å². The summed E-state index contributed by atoms with van der Waals surface area (Å²) in [7, 11) is -3.47. The molecule has 0 heterocycles. The molecule has 1 atom stereocenters. The summed E-state index contributed by atoms with van der Waals surface area (Å²) in [5, 5.41) is 1.71.